The number of hydrogen-bond acceptors (Lipinski definition) is 3. The highest BCUT2D eigenvalue weighted by molar-refractivity contribution is 5.85. The van der Waals surface area contributed by atoms with Crippen molar-refractivity contribution >= 4 is 12.4 Å². The molecule has 0 bridgehead atoms. The second-order valence-corrected chi connectivity index (χ2v) is 2.45. The van der Waals surface area contributed by atoms with E-state index in [1.54, 1.807) is 19.5 Å². The summed E-state index contributed by atoms with van der Waals surface area (Å²) in [6.45, 7) is 1.91. The molecule has 1 aromatic rings. The van der Waals surface area contributed by atoms with Gasteiger partial charge in [0.2, 0.25) is 0 Å². The molecule has 0 fully saturated rings. The van der Waals surface area contributed by atoms with E-state index in [4.69, 9.17) is 10.5 Å². The number of nitrogens with two attached hydrogens (primary N) is 1. The number of ether oxygens (including phenoxy) is 1. The summed E-state index contributed by atoms with van der Waals surface area (Å²) in [5, 5.41) is 0. The Kier molecular flexibility index (Phi) is 4.62. The lowest BCUT2D eigenvalue weighted by atomic mass is 10.1. The number of rotatable bonds is 2. The van der Waals surface area contributed by atoms with E-state index >= 15 is 0 Å². The van der Waals surface area contributed by atoms with Gasteiger partial charge in [-0.15, -0.1) is 12.4 Å². The van der Waals surface area contributed by atoms with E-state index in [2.05, 4.69) is 4.98 Å². The molecule has 0 spiro atoms. The van der Waals surface area contributed by atoms with Crippen LogP contribution in [0.5, 0.6) is 5.75 Å². The summed E-state index contributed by atoms with van der Waals surface area (Å²) in [6, 6.07) is 1.90. The first-order valence-corrected chi connectivity index (χ1v) is 3.48. The first-order chi connectivity index (χ1) is 5.24. The summed E-state index contributed by atoms with van der Waals surface area (Å²) in [6.07, 6.45) is 3.40. The van der Waals surface area contributed by atoms with Crippen LogP contribution < -0.4 is 10.5 Å². The van der Waals surface area contributed by atoms with Gasteiger partial charge in [0.15, 0.2) is 0 Å². The fourth-order valence-corrected chi connectivity index (χ4v) is 0.796. The van der Waals surface area contributed by atoms with Crippen LogP contribution >= 0.6 is 12.4 Å². The predicted octanol–water partition coefficient (Wildman–Crippen LogP) is 1.53. The molecule has 0 amide bonds. The molecule has 2 N–H and O–H groups in total. The lowest BCUT2D eigenvalue weighted by Crippen LogP contribution is -2.05. The fraction of sp³-hybridized carbons (Fsp3) is 0.375. The highest BCUT2D eigenvalue weighted by Gasteiger charge is 2.00. The molecule has 1 rings (SSSR count). The van der Waals surface area contributed by atoms with Crippen LogP contribution in [0.3, 0.4) is 0 Å². The fourth-order valence-electron chi connectivity index (χ4n) is 0.796. The second kappa shape index (κ2) is 4.95. The third-order valence-electron chi connectivity index (χ3n) is 1.50. The number of halogens is 1. The lowest BCUT2D eigenvalue weighted by Gasteiger charge is -2.05. The highest BCUT2D eigenvalue weighted by atomic mass is 35.5. The molecule has 0 saturated carbocycles. The van der Waals surface area contributed by atoms with Gasteiger partial charge in [0, 0.05) is 12.2 Å². The van der Waals surface area contributed by atoms with Gasteiger partial charge < -0.3 is 10.5 Å². The number of aromatic nitrogens is 1. The van der Waals surface area contributed by atoms with E-state index in [1.165, 1.54) is 0 Å². The molecule has 12 heavy (non-hydrogen) atoms. The smallest absolute Gasteiger partial charge is 0.137 e. The number of methoxy groups -OCH3 is 1. The molecule has 1 aromatic heterocycles. The quantitative estimate of drug-likeness (QED) is 0.766. The van der Waals surface area contributed by atoms with Gasteiger partial charge in [0.25, 0.3) is 0 Å². The van der Waals surface area contributed by atoms with E-state index in [0.717, 1.165) is 11.3 Å². The zero-order chi connectivity index (χ0) is 8.27. The SMILES string of the molecule is COc1cncc([C@@H](C)N)c1.Cl. The predicted molar refractivity (Wildman–Crippen MR) is 50.6 cm³/mol. The standard InChI is InChI=1S/C8H12N2O.ClH/c1-6(9)7-3-8(11-2)5-10-4-7;/h3-6H,9H2,1-2H3;1H/t6-;/m1./s1. The Morgan fingerprint density at radius 2 is 2.17 bits per heavy atom. The summed E-state index contributed by atoms with van der Waals surface area (Å²) in [7, 11) is 1.61. The van der Waals surface area contributed by atoms with Crippen LogP contribution in [-0.2, 0) is 0 Å². The summed E-state index contributed by atoms with van der Waals surface area (Å²) in [4.78, 5) is 3.97. The normalized spacial score (nSPS) is 11.6. The van der Waals surface area contributed by atoms with Crippen LogP contribution in [0.4, 0.5) is 0 Å². The Morgan fingerprint density at radius 1 is 1.50 bits per heavy atom. The van der Waals surface area contributed by atoms with Crippen LogP contribution in [0.25, 0.3) is 0 Å². The molecule has 4 heteroatoms. The molecule has 0 aliphatic rings. The monoisotopic (exact) mass is 188 g/mol. The van der Waals surface area contributed by atoms with Gasteiger partial charge in [-0.1, -0.05) is 0 Å². The molecule has 0 aromatic carbocycles. The van der Waals surface area contributed by atoms with Crippen molar-refractivity contribution in [3.8, 4) is 5.75 Å². The van der Waals surface area contributed by atoms with Crippen molar-refractivity contribution in [3.63, 3.8) is 0 Å². The van der Waals surface area contributed by atoms with Crippen molar-refractivity contribution in [1.82, 2.24) is 4.98 Å². The van der Waals surface area contributed by atoms with Crippen LogP contribution in [-0.4, -0.2) is 12.1 Å². The maximum Gasteiger partial charge on any atom is 0.137 e. The molecule has 0 unspecified atom stereocenters. The molecule has 1 heterocycles. The minimum absolute atomic E-state index is 0. The number of nitrogens with zero attached hydrogens (tertiary/aromatic N) is 1. The maximum absolute atomic E-state index is 5.64. The molecular weight excluding hydrogens is 176 g/mol. The van der Waals surface area contributed by atoms with Gasteiger partial charge in [0.1, 0.15) is 5.75 Å². The van der Waals surface area contributed by atoms with Crippen molar-refractivity contribution in [2.24, 2.45) is 5.73 Å². The average molecular weight is 189 g/mol. The van der Waals surface area contributed by atoms with Gasteiger partial charge in [-0.25, -0.2) is 0 Å². The maximum atomic E-state index is 5.64. The molecule has 0 aliphatic carbocycles. The van der Waals surface area contributed by atoms with Gasteiger partial charge in [-0.2, -0.15) is 0 Å². The van der Waals surface area contributed by atoms with Crippen LogP contribution in [0.2, 0.25) is 0 Å². The van der Waals surface area contributed by atoms with Gasteiger partial charge >= 0.3 is 0 Å². The van der Waals surface area contributed by atoms with Gasteiger partial charge in [-0.05, 0) is 18.6 Å². The average Bonchev–Trinajstić information content (AvgIpc) is 2.05. The molecule has 0 radical (unpaired) electrons. The Bertz CT molecular complexity index is 240. The van der Waals surface area contributed by atoms with E-state index in [1.807, 2.05) is 13.0 Å². The summed E-state index contributed by atoms with van der Waals surface area (Å²) in [5.41, 5.74) is 6.63. The zero-order valence-electron chi connectivity index (χ0n) is 7.15. The van der Waals surface area contributed by atoms with E-state index in [0.29, 0.717) is 0 Å². The van der Waals surface area contributed by atoms with Crippen molar-refractivity contribution in [1.29, 1.82) is 0 Å². The third-order valence-corrected chi connectivity index (χ3v) is 1.50. The van der Waals surface area contributed by atoms with E-state index in [9.17, 15) is 0 Å². The van der Waals surface area contributed by atoms with Gasteiger partial charge in [-0.3, -0.25) is 4.98 Å². The second-order valence-electron chi connectivity index (χ2n) is 2.45. The van der Waals surface area contributed by atoms with Crippen LogP contribution in [0.1, 0.15) is 18.5 Å². The molecule has 68 valence electrons. The minimum atomic E-state index is 0. The Labute approximate surface area is 78.4 Å². The Hall–Kier alpha value is -0.800. The van der Waals surface area contributed by atoms with Crippen LogP contribution in [0, 0.1) is 0 Å². The topological polar surface area (TPSA) is 48.1 Å². The summed E-state index contributed by atoms with van der Waals surface area (Å²) in [5.74, 6) is 0.750. The first-order valence-electron chi connectivity index (χ1n) is 3.48. The van der Waals surface area contributed by atoms with Crippen molar-refractivity contribution < 1.29 is 4.74 Å². The lowest BCUT2D eigenvalue weighted by molar-refractivity contribution is 0.412. The minimum Gasteiger partial charge on any atom is -0.495 e. The van der Waals surface area contributed by atoms with Crippen molar-refractivity contribution in [2.75, 3.05) is 7.11 Å². The highest BCUT2D eigenvalue weighted by Crippen LogP contribution is 2.14. The van der Waals surface area contributed by atoms with E-state index < -0.39 is 0 Å². The molecular formula is C8H13ClN2O. The Morgan fingerprint density at radius 3 is 2.67 bits per heavy atom. The molecule has 3 nitrogen and oxygen atoms in total. The number of hydrogen-bond donors (Lipinski definition) is 1. The molecule has 0 aliphatic heterocycles. The summed E-state index contributed by atoms with van der Waals surface area (Å²) >= 11 is 0. The van der Waals surface area contributed by atoms with Crippen molar-refractivity contribution in [3.05, 3.63) is 24.0 Å². The van der Waals surface area contributed by atoms with Gasteiger partial charge in [0.05, 0.1) is 13.3 Å². The molecule has 0 saturated heterocycles. The Balaban J connectivity index is 0.00000121. The van der Waals surface area contributed by atoms with Crippen molar-refractivity contribution in [2.45, 2.75) is 13.0 Å². The summed E-state index contributed by atoms with van der Waals surface area (Å²) < 4.78 is 4.99. The number of pyridine rings is 1. The zero-order valence-corrected chi connectivity index (χ0v) is 7.97. The first kappa shape index (κ1) is 11.2. The third kappa shape index (κ3) is 2.68. The largest absolute Gasteiger partial charge is 0.495 e. The van der Waals surface area contributed by atoms with E-state index in [-0.39, 0.29) is 18.4 Å². The van der Waals surface area contributed by atoms with Crippen LogP contribution in [0.15, 0.2) is 18.5 Å². The molecule has 1 atom stereocenters.